The van der Waals surface area contributed by atoms with Crippen molar-refractivity contribution >= 4 is 11.3 Å². The van der Waals surface area contributed by atoms with E-state index in [2.05, 4.69) is 44.9 Å². The maximum absolute atomic E-state index is 4.39. The van der Waals surface area contributed by atoms with Crippen LogP contribution in [0.5, 0.6) is 0 Å². The second kappa shape index (κ2) is 5.08. The molecule has 0 bridgehead atoms. The summed E-state index contributed by atoms with van der Waals surface area (Å²) in [7, 11) is 0. The third-order valence-electron chi connectivity index (χ3n) is 2.34. The summed E-state index contributed by atoms with van der Waals surface area (Å²) >= 11 is 1.78. The van der Waals surface area contributed by atoms with Crippen LogP contribution in [0.25, 0.3) is 0 Å². The molecule has 1 rings (SSSR count). The Balaban J connectivity index is 2.34. The van der Waals surface area contributed by atoms with Crippen LogP contribution < -0.4 is 5.32 Å². The average Bonchev–Trinajstić information content (AvgIpc) is 2.49. The lowest BCUT2D eigenvalue weighted by Crippen LogP contribution is -2.23. The normalized spacial score (nSPS) is 14.2. The quantitative estimate of drug-likeness (QED) is 0.849. The van der Waals surface area contributed by atoms with Gasteiger partial charge in [0.2, 0.25) is 0 Å². The molecule has 0 aromatic carbocycles. The molecule has 0 saturated carbocycles. The van der Waals surface area contributed by atoms with E-state index in [1.165, 1.54) is 16.3 Å². The topological polar surface area (TPSA) is 24.9 Å². The predicted molar refractivity (Wildman–Crippen MR) is 67.3 cm³/mol. The van der Waals surface area contributed by atoms with Crippen molar-refractivity contribution in [3.8, 4) is 0 Å². The molecule has 0 saturated heterocycles. The highest BCUT2D eigenvalue weighted by Gasteiger charge is 2.12. The zero-order valence-electron chi connectivity index (χ0n) is 10.4. The van der Waals surface area contributed by atoms with E-state index in [0.717, 1.165) is 6.54 Å². The minimum atomic E-state index is 0.381. The molecule has 0 aliphatic carbocycles. The number of hydrogen-bond acceptors (Lipinski definition) is 3. The van der Waals surface area contributed by atoms with Gasteiger partial charge in [-0.3, -0.25) is 0 Å². The Kier molecular flexibility index (Phi) is 4.29. The Hall–Kier alpha value is -0.410. The Morgan fingerprint density at radius 3 is 2.60 bits per heavy atom. The fourth-order valence-electron chi connectivity index (χ4n) is 1.32. The van der Waals surface area contributed by atoms with Crippen molar-refractivity contribution in [2.24, 2.45) is 5.41 Å². The van der Waals surface area contributed by atoms with Crippen molar-refractivity contribution in [3.05, 3.63) is 16.1 Å². The number of rotatable bonds is 4. The molecule has 1 aromatic heterocycles. The molecule has 1 N–H and O–H groups in total. The maximum atomic E-state index is 4.39. The summed E-state index contributed by atoms with van der Waals surface area (Å²) in [6.07, 6.45) is 3.14. The standard InChI is InChI=1S/C12H22N2S/c1-9-8-14-11(15-9)10(2)13-7-6-12(3,4)5/h8,10,13H,6-7H2,1-5H3. The van der Waals surface area contributed by atoms with Crippen LogP contribution in [0.3, 0.4) is 0 Å². The van der Waals surface area contributed by atoms with Gasteiger partial charge in [-0.15, -0.1) is 11.3 Å². The lowest BCUT2D eigenvalue weighted by molar-refractivity contribution is 0.358. The van der Waals surface area contributed by atoms with Crippen molar-refractivity contribution in [2.45, 2.75) is 47.1 Å². The molecule has 0 fully saturated rings. The zero-order valence-corrected chi connectivity index (χ0v) is 11.2. The molecular weight excluding hydrogens is 204 g/mol. The molecule has 1 heterocycles. The Bertz CT molecular complexity index is 299. The third kappa shape index (κ3) is 4.76. The number of thiazole rings is 1. The maximum Gasteiger partial charge on any atom is 0.109 e. The van der Waals surface area contributed by atoms with Gasteiger partial charge in [-0.2, -0.15) is 0 Å². The molecule has 1 aromatic rings. The number of hydrogen-bond donors (Lipinski definition) is 1. The van der Waals surface area contributed by atoms with E-state index in [0.29, 0.717) is 11.5 Å². The van der Waals surface area contributed by atoms with Gasteiger partial charge in [0.05, 0.1) is 6.04 Å². The smallest absolute Gasteiger partial charge is 0.109 e. The van der Waals surface area contributed by atoms with Crippen LogP contribution in [0.2, 0.25) is 0 Å². The van der Waals surface area contributed by atoms with E-state index in [1.807, 2.05) is 6.20 Å². The van der Waals surface area contributed by atoms with Gasteiger partial charge in [0, 0.05) is 11.1 Å². The second-order valence-electron chi connectivity index (χ2n) is 5.30. The molecule has 0 spiro atoms. The van der Waals surface area contributed by atoms with Crippen LogP contribution in [-0.4, -0.2) is 11.5 Å². The van der Waals surface area contributed by atoms with Crippen LogP contribution in [0.15, 0.2) is 6.20 Å². The highest BCUT2D eigenvalue weighted by Crippen LogP contribution is 2.21. The Labute approximate surface area is 97.1 Å². The van der Waals surface area contributed by atoms with Gasteiger partial charge in [-0.25, -0.2) is 4.98 Å². The lowest BCUT2D eigenvalue weighted by atomic mass is 9.92. The monoisotopic (exact) mass is 226 g/mol. The molecule has 1 atom stereocenters. The first kappa shape index (κ1) is 12.7. The van der Waals surface area contributed by atoms with E-state index in [-0.39, 0.29) is 0 Å². The van der Waals surface area contributed by atoms with Crippen molar-refractivity contribution in [2.75, 3.05) is 6.54 Å². The molecule has 0 radical (unpaired) electrons. The number of aromatic nitrogens is 1. The van der Waals surface area contributed by atoms with Crippen LogP contribution in [0.1, 0.15) is 50.0 Å². The Morgan fingerprint density at radius 2 is 2.13 bits per heavy atom. The summed E-state index contributed by atoms with van der Waals surface area (Å²) in [4.78, 5) is 5.67. The highest BCUT2D eigenvalue weighted by atomic mass is 32.1. The van der Waals surface area contributed by atoms with E-state index in [4.69, 9.17) is 0 Å². The zero-order chi connectivity index (χ0) is 11.5. The largest absolute Gasteiger partial charge is 0.308 e. The predicted octanol–water partition coefficient (Wildman–Crippen LogP) is 3.54. The summed E-state index contributed by atoms with van der Waals surface area (Å²) in [5.41, 5.74) is 0.408. The third-order valence-corrected chi connectivity index (χ3v) is 3.43. The first-order valence-corrected chi connectivity index (χ1v) is 6.36. The fraction of sp³-hybridized carbons (Fsp3) is 0.750. The summed E-state index contributed by atoms with van der Waals surface area (Å²) in [5, 5.41) is 4.71. The Morgan fingerprint density at radius 1 is 1.47 bits per heavy atom. The van der Waals surface area contributed by atoms with Crippen LogP contribution >= 0.6 is 11.3 Å². The van der Waals surface area contributed by atoms with Gasteiger partial charge in [0.15, 0.2) is 0 Å². The van der Waals surface area contributed by atoms with Crippen molar-refractivity contribution in [3.63, 3.8) is 0 Å². The van der Waals surface area contributed by atoms with Crippen molar-refractivity contribution in [1.29, 1.82) is 0 Å². The van der Waals surface area contributed by atoms with Gasteiger partial charge >= 0.3 is 0 Å². The van der Waals surface area contributed by atoms with Crippen molar-refractivity contribution in [1.82, 2.24) is 10.3 Å². The molecule has 0 aliphatic rings. The van der Waals surface area contributed by atoms with Crippen LogP contribution in [-0.2, 0) is 0 Å². The molecule has 0 aliphatic heterocycles. The molecular formula is C12H22N2S. The number of aryl methyl sites for hydroxylation is 1. The van der Waals surface area contributed by atoms with E-state index in [1.54, 1.807) is 11.3 Å². The summed E-state index contributed by atoms with van der Waals surface area (Å²) in [5.74, 6) is 0. The number of nitrogens with one attached hydrogen (secondary N) is 1. The van der Waals surface area contributed by atoms with E-state index >= 15 is 0 Å². The molecule has 2 nitrogen and oxygen atoms in total. The molecule has 3 heteroatoms. The highest BCUT2D eigenvalue weighted by molar-refractivity contribution is 7.11. The fourth-order valence-corrected chi connectivity index (χ4v) is 2.12. The van der Waals surface area contributed by atoms with Gasteiger partial charge in [0.1, 0.15) is 5.01 Å². The first-order valence-electron chi connectivity index (χ1n) is 5.54. The van der Waals surface area contributed by atoms with Gasteiger partial charge < -0.3 is 5.32 Å². The molecule has 1 unspecified atom stereocenters. The van der Waals surface area contributed by atoms with E-state index < -0.39 is 0 Å². The molecule has 86 valence electrons. The second-order valence-corrected chi connectivity index (χ2v) is 6.56. The minimum absolute atomic E-state index is 0.381. The lowest BCUT2D eigenvalue weighted by Gasteiger charge is -2.19. The van der Waals surface area contributed by atoms with Crippen LogP contribution in [0, 0.1) is 12.3 Å². The first-order chi connectivity index (χ1) is 6.88. The summed E-state index contributed by atoms with van der Waals surface area (Å²) in [6.45, 7) is 12.2. The SMILES string of the molecule is Cc1cnc(C(C)NCCC(C)(C)C)s1. The van der Waals surface area contributed by atoms with Gasteiger partial charge in [-0.05, 0) is 32.2 Å². The summed E-state index contributed by atoms with van der Waals surface area (Å²) < 4.78 is 0. The minimum Gasteiger partial charge on any atom is -0.308 e. The molecule has 15 heavy (non-hydrogen) atoms. The van der Waals surface area contributed by atoms with E-state index in [9.17, 15) is 0 Å². The van der Waals surface area contributed by atoms with Gasteiger partial charge in [-0.1, -0.05) is 20.8 Å². The number of nitrogens with zero attached hydrogens (tertiary/aromatic N) is 1. The summed E-state index contributed by atoms with van der Waals surface area (Å²) in [6, 6.07) is 0.381. The van der Waals surface area contributed by atoms with Crippen LogP contribution in [0.4, 0.5) is 0 Å². The van der Waals surface area contributed by atoms with Crippen molar-refractivity contribution < 1.29 is 0 Å². The average molecular weight is 226 g/mol. The van der Waals surface area contributed by atoms with Gasteiger partial charge in [0.25, 0.3) is 0 Å². The molecule has 0 amide bonds.